The molecule has 0 bridgehead atoms. The highest BCUT2D eigenvalue weighted by atomic mass is 16.5. The van der Waals surface area contributed by atoms with Gasteiger partial charge in [-0.2, -0.15) is 5.26 Å². The van der Waals surface area contributed by atoms with Crippen molar-refractivity contribution in [3.05, 3.63) is 70.8 Å². The number of nitrogens with one attached hydrogen (secondary N) is 1. The molecular formula is C23H24N2O4. The molecule has 0 aromatic heterocycles. The first-order chi connectivity index (χ1) is 14.0. The molecule has 0 radical (unpaired) electrons. The molecular weight excluding hydrogens is 368 g/mol. The van der Waals surface area contributed by atoms with Crippen molar-refractivity contribution in [2.24, 2.45) is 0 Å². The summed E-state index contributed by atoms with van der Waals surface area (Å²) in [5.74, 6) is 0.726. The highest BCUT2D eigenvalue weighted by Gasteiger charge is 2.09. The second-order valence-corrected chi connectivity index (χ2v) is 6.30. The summed E-state index contributed by atoms with van der Waals surface area (Å²) in [6, 6.07) is 12.7. The van der Waals surface area contributed by atoms with Gasteiger partial charge in [0.15, 0.2) is 11.5 Å². The van der Waals surface area contributed by atoms with Crippen LogP contribution in [-0.2, 0) is 11.2 Å². The zero-order valence-corrected chi connectivity index (χ0v) is 16.7. The van der Waals surface area contributed by atoms with Crippen LogP contribution in [0.4, 0.5) is 0 Å². The van der Waals surface area contributed by atoms with Gasteiger partial charge in [-0.05, 0) is 48.7 Å². The topological polar surface area (TPSA) is 91.6 Å². The lowest BCUT2D eigenvalue weighted by atomic mass is 10.1. The quantitative estimate of drug-likeness (QED) is 0.407. The van der Waals surface area contributed by atoms with E-state index >= 15 is 0 Å². The monoisotopic (exact) mass is 392 g/mol. The van der Waals surface area contributed by atoms with Gasteiger partial charge in [0.25, 0.3) is 5.91 Å². The van der Waals surface area contributed by atoms with Crippen LogP contribution in [0.1, 0.15) is 16.7 Å². The van der Waals surface area contributed by atoms with Crippen molar-refractivity contribution >= 4 is 12.0 Å². The number of amides is 1. The Hall–Kier alpha value is -3.72. The molecule has 0 heterocycles. The van der Waals surface area contributed by atoms with Crippen LogP contribution in [-0.4, -0.2) is 31.8 Å². The fourth-order valence-electron chi connectivity index (χ4n) is 2.73. The minimum Gasteiger partial charge on any atom is -0.504 e. The Morgan fingerprint density at radius 2 is 1.93 bits per heavy atom. The molecule has 0 saturated heterocycles. The molecule has 0 aliphatic carbocycles. The molecule has 0 aliphatic rings. The number of rotatable bonds is 8. The number of allylic oxidation sites excluding steroid dienone is 2. The van der Waals surface area contributed by atoms with Gasteiger partial charge in [-0.3, -0.25) is 4.79 Å². The van der Waals surface area contributed by atoms with E-state index in [1.54, 1.807) is 31.4 Å². The lowest BCUT2D eigenvalue weighted by Gasteiger charge is -2.10. The SMILES string of the molecule is COc1cc(/C=C/C=C(\C#N)C(=O)NCCc2cc(C)ccc2OC)ccc1O. The van der Waals surface area contributed by atoms with Crippen molar-refractivity contribution in [1.29, 1.82) is 5.26 Å². The summed E-state index contributed by atoms with van der Waals surface area (Å²) in [4.78, 5) is 12.3. The fourth-order valence-corrected chi connectivity index (χ4v) is 2.73. The smallest absolute Gasteiger partial charge is 0.261 e. The predicted molar refractivity (Wildman–Crippen MR) is 112 cm³/mol. The standard InChI is InChI=1S/C23H24N2O4/c1-16-7-10-21(28-2)18(13-16)11-12-25-23(27)19(15-24)6-4-5-17-8-9-20(26)22(14-17)29-3/h4-10,13-14,26H,11-12H2,1-3H3,(H,25,27)/b5-4+,19-6+. The van der Waals surface area contributed by atoms with Gasteiger partial charge in [-0.1, -0.05) is 35.9 Å². The number of methoxy groups -OCH3 is 2. The summed E-state index contributed by atoms with van der Waals surface area (Å²) in [6.07, 6.45) is 5.36. The van der Waals surface area contributed by atoms with E-state index in [2.05, 4.69) is 5.32 Å². The summed E-state index contributed by atoms with van der Waals surface area (Å²) in [5, 5.41) is 21.6. The number of hydrogen-bond donors (Lipinski definition) is 2. The summed E-state index contributed by atoms with van der Waals surface area (Å²) in [6.45, 7) is 2.38. The number of aryl methyl sites for hydroxylation is 1. The van der Waals surface area contributed by atoms with Gasteiger partial charge in [-0.25, -0.2) is 0 Å². The van der Waals surface area contributed by atoms with Gasteiger partial charge >= 0.3 is 0 Å². The van der Waals surface area contributed by atoms with Crippen molar-refractivity contribution in [1.82, 2.24) is 5.32 Å². The van der Waals surface area contributed by atoms with Gasteiger partial charge in [0.2, 0.25) is 0 Å². The molecule has 0 atom stereocenters. The molecule has 0 aliphatic heterocycles. The molecule has 2 aromatic rings. The van der Waals surface area contributed by atoms with Crippen molar-refractivity contribution in [2.45, 2.75) is 13.3 Å². The molecule has 2 N–H and O–H groups in total. The third kappa shape index (κ3) is 6.15. The third-order valence-corrected chi connectivity index (χ3v) is 4.24. The van der Waals surface area contributed by atoms with E-state index in [-0.39, 0.29) is 11.3 Å². The summed E-state index contributed by atoms with van der Waals surface area (Å²) < 4.78 is 10.4. The fraction of sp³-hybridized carbons (Fsp3) is 0.217. The lowest BCUT2D eigenvalue weighted by molar-refractivity contribution is -0.117. The highest BCUT2D eigenvalue weighted by Crippen LogP contribution is 2.26. The van der Waals surface area contributed by atoms with Gasteiger partial charge in [0.05, 0.1) is 14.2 Å². The van der Waals surface area contributed by atoms with Crippen LogP contribution in [0.15, 0.2) is 54.1 Å². The third-order valence-electron chi connectivity index (χ3n) is 4.24. The molecule has 29 heavy (non-hydrogen) atoms. The largest absolute Gasteiger partial charge is 0.504 e. The Morgan fingerprint density at radius 1 is 1.17 bits per heavy atom. The normalized spacial score (nSPS) is 11.2. The Kier molecular flexibility index (Phi) is 7.87. The van der Waals surface area contributed by atoms with Crippen molar-refractivity contribution in [3.63, 3.8) is 0 Å². The number of aromatic hydroxyl groups is 1. The number of phenolic OH excluding ortho intramolecular Hbond substituents is 1. The molecule has 6 heteroatoms. The molecule has 150 valence electrons. The first-order valence-electron chi connectivity index (χ1n) is 9.05. The van der Waals surface area contributed by atoms with Crippen LogP contribution in [0.2, 0.25) is 0 Å². The van der Waals surface area contributed by atoms with E-state index in [4.69, 9.17) is 9.47 Å². The average Bonchev–Trinajstić information content (AvgIpc) is 2.72. The minimum absolute atomic E-state index is 0.00296. The maximum Gasteiger partial charge on any atom is 0.261 e. The van der Waals surface area contributed by atoms with Crippen molar-refractivity contribution in [2.75, 3.05) is 20.8 Å². The molecule has 6 nitrogen and oxygen atoms in total. The number of carbonyl (C=O) groups is 1. The molecule has 0 fully saturated rings. The van der Waals surface area contributed by atoms with E-state index < -0.39 is 5.91 Å². The van der Waals surface area contributed by atoms with Crippen LogP contribution in [0.3, 0.4) is 0 Å². The Labute approximate surface area is 170 Å². The van der Waals surface area contributed by atoms with Crippen LogP contribution >= 0.6 is 0 Å². The summed E-state index contributed by atoms with van der Waals surface area (Å²) in [5.41, 5.74) is 2.88. The maximum absolute atomic E-state index is 12.3. The molecule has 2 aromatic carbocycles. The first-order valence-corrected chi connectivity index (χ1v) is 9.05. The average molecular weight is 392 g/mol. The number of hydrogen-bond acceptors (Lipinski definition) is 5. The van der Waals surface area contributed by atoms with Gasteiger partial charge in [-0.15, -0.1) is 0 Å². The number of ether oxygens (including phenoxy) is 2. The molecule has 0 unspecified atom stereocenters. The first kappa shape index (κ1) is 21.6. The molecule has 1 amide bonds. The number of phenols is 1. The molecule has 0 spiro atoms. The second kappa shape index (κ2) is 10.6. The Balaban J connectivity index is 1.98. The second-order valence-electron chi connectivity index (χ2n) is 6.30. The van der Waals surface area contributed by atoms with Crippen LogP contribution in [0, 0.1) is 18.3 Å². The number of benzene rings is 2. The van der Waals surface area contributed by atoms with Crippen molar-refractivity contribution < 1.29 is 19.4 Å². The zero-order valence-electron chi connectivity index (χ0n) is 16.7. The highest BCUT2D eigenvalue weighted by molar-refractivity contribution is 5.97. The van der Waals surface area contributed by atoms with Crippen LogP contribution < -0.4 is 14.8 Å². The number of nitriles is 1. The number of carbonyl (C=O) groups excluding carboxylic acids is 1. The number of nitrogens with zero attached hydrogens (tertiary/aromatic N) is 1. The Bertz CT molecular complexity index is 971. The Morgan fingerprint density at radius 3 is 2.62 bits per heavy atom. The van der Waals surface area contributed by atoms with E-state index in [0.717, 1.165) is 22.4 Å². The van der Waals surface area contributed by atoms with E-state index in [1.165, 1.54) is 19.3 Å². The van der Waals surface area contributed by atoms with Crippen LogP contribution in [0.25, 0.3) is 6.08 Å². The minimum atomic E-state index is -0.438. The molecule has 2 rings (SSSR count). The van der Waals surface area contributed by atoms with E-state index in [1.807, 2.05) is 31.2 Å². The van der Waals surface area contributed by atoms with Crippen molar-refractivity contribution in [3.8, 4) is 23.3 Å². The van der Waals surface area contributed by atoms with Crippen LogP contribution in [0.5, 0.6) is 17.2 Å². The molecule has 0 saturated carbocycles. The van der Waals surface area contributed by atoms with E-state index in [9.17, 15) is 15.2 Å². The summed E-state index contributed by atoms with van der Waals surface area (Å²) >= 11 is 0. The lowest BCUT2D eigenvalue weighted by Crippen LogP contribution is -2.26. The van der Waals surface area contributed by atoms with E-state index in [0.29, 0.717) is 18.7 Å². The zero-order chi connectivity index (χ0) is 21.2. The van der Waals surface area contributed by atoms with Gasteiger partial charge in [0.1, 0.15) is 17.4 Å². The van der Waals surface area contributed by atoms with Gasteiger partial charge in [0, 0.05) is 6.54 Å². The predicted octanol–water partition coefficient (Wildman–Crippen LogP) is 3.54. The summed E-state index contributed by atoms with van der Waals surface area (Å²) in [7, 11) is 3.08. The maximum atomic E-state index is 12.3. The van der Waals surface area contributed by atoms with Gasteiger partial charge < -0.3 is 19.9 Å².